The van der Waals surface area contributed by atoms with E-state index in [-0.39, 0.29) is 5.91 Å². The predicted octanol–water partition coefficient (Wildman–Crippen LogP) is 1.79. The Morgan fingerprint density at radius 2 is 1.58 bits per heavy atom. The van der Waals surface area contributed by atoms with Crippen LogP contribution >= 0.6 is 0 Å². The Kier molecular flexibility index (Phi) is 5.16. The van der Waals surface area contributed by atoms with Crippen molar-refractivity contribution in [3.63, 3.8) is 0 Å². The van der Waals surface area contributed by atoms with E-state index in [1.165, 1.54) is 10.4 Å². The van der Waals surface area contributed by atoms with Gasteiger partial charge in [0, 0.05) is 19.5 Å². The Balaban J connectivity index is 1.86. The molecule has 1 aliphatic heterocycles. The Morgan fingerprint density at radius 1 is 1.04 bits per heavy atom. The normalized spacial score (nSPS) is 16.4. The number of nitrogens with zero attached hydrogens (tertiary/aromatic N) is 1. The van der Waals surface area contributed by atoms with E-state index in [9.17, 15) is 9.90 Å². The Morgan fingerprint density at radius 3 is 2.04 bits per heavy atom. The van der Waals surface area contributed by atoms with Crippen LogP contribution in [-0.2, 0) is 4.79 Å². The molecule has 0 bridgehead atoms. The molecule has 1 atom stereocenters. The Bertz CT molecular complexity index is 635. The molecule has 4 heteroatoms. The van der Waals surface area contributed by atoms with Crippen LogP contribution in [0.15, 0.2) is 60.7 Å². The van der Waals surface area contributed by atoms with Gasteiger partial charge in [0.15, 0.2) is 0 Å². The summed E-state index contributed by atoms with van der Waals surface area (Å²) >= 11 is 0. The molecule has 126 valence electrons. The number of rotatable bonds is 6. The number of benzene rings is 2. The van der Waals surface area contributed by atoms with Crippen molar-refractivity contribution < 1.29 is 9.90 Å². The first-order valence-electron chi connectivity index (χ1n) is 8.69. The summed E-state index contributed by atoms with van der Waals surface area (Å²) in [5, 5.41) is 13.6. The van der Waals surface area contributed by atoms with Crippen LogP contribution in [0.5, 0.6) is 0 Å². The molecule has 0 radical (unpaired) electrons. The summed E-state index contributed by atoms with van der Waals surface area (Å²) in [6.07, 6.45) is 2.24. The van der Waals surface area contributed by atoms with Crippen molar-refractivity contribution in [3.8, 4) is 0 Å². The molecule has 0 aliphatic carbocycles. The molecular weight excluding hydrogens is 314 g/mol. The SMILES string of the molecule is C[Si](c1ccccc1)(c1ccccc1)C(O)CCN1CCCC1=O. The van der Waals surface area contributed by atoms with Crippen molar-refractivity contribution in [3.05, 3.63) is 60.7 Å². The van der Waals surface area contributed by atoms with Gasteiger partial charge < -0.3 is 10.0 Å². The van der Waals surface area contributed by atoms with Gasteiger partial charge in [0.25, 0.3) is 0 Å². The minimum Gasteiger partial charge on any atom is -0.396 e. The van der Waals surface area contributed by atoms with Gasteiger partial charge in [0.2, 0.25) is 5.91 Å². The van der Waals surface area contributed by atoms with Crippen LogP contribution in [0.25, 0.3) is 0 Å². The van der Waals surface area contributed by atoms with Crippen molar-refractivity contribution in [1.29, 1.82) is 0 Å². The first kappa shape index (κ1) is 16.9. The molecule has 1 saturated heterocycles. The van der Waals surface area contributed by atoms with Crippen LogP contribution in [-0.4, -0.2) is 42.8 Å². The number of hydrogen-bond acceptors (Lipinski definition) is 2. The third-order valence-electron chi connectivity index (χ3n) is 5.26. The summed E-state index contributed by atoms with van der Waals surface area (Å²) < 4.78 is 0. The molecule has 24 heavy (non-hydrogen) atoms. The van der Waals surface area contributed by atoms with Gasteiger partial charge in [-0.1, -0.05) is 77.6 Å². The lowest BCUT2D eigenvalue weighted by Gasteiger charge is -2.34. The molecular formula is C20H25NO2Si. The Labute approximate surface area is 144 Å². The van der Waals surface area contributed by atoms with Gasteiger partial charge in [0.05, 0.1) is 5.73 Å². The molecule has 2 aromatic rings. The van der Waals surface area contributed by atoms with Gasteiger partial charge in [-0.2, -0.15) is 0 Å². The van der Waals surface area contributed by atoms with E-state index in [2.05, 4.69) is 30.8 Å². The number of amides is 1. The zero-order valence-corrected chi connectivity index (χ0v) is 15.2. The molecule has 1 fully saturated rings. The Hall–Kier alpha value is -1.91. The van der Waals surface area contributed by atoms with Gasteiger partial charge in [-0.05, 0) is 12.8 Å². The zero-order valence-electron chi connectivity index (χ0n) is 14.2. The number of carbonyl (C=O) groups is 1. The lowest BCUT2D eigenvalue weighted by atomic mass is 10.4. The molecule has 0 aromatic heterocycles. The largest absolute Gasteiger partial charge is 0.396 e. The summed E-state index contributed by atoms with van der Waals surface area (Å²) in [5.41, 5.74) is -0.421. The number of likely N-dealkylation sites (tertiary alicyclic amines) is 1. The van der Waals surface area contributed by atoms with E-state index in [1.54, 1.807) is 0 Å². The maximum atomic E-state index is 11.8. The third kappa shape index (κ3) is 3.30. The lowest BCUT2D eigenvalue weighted by molar-refractivity contribution is -0.127. The maximum Gasteiger partial charge on any atom is 0.222 e. The molecule has 1 amide bonds. The first-order valence-corrected chi connectivity index (χ1v) is 11.3. The van der Waals surface area contributed by atoms with E-state index in [4.69, 9.17) is 0 Å². The molecule has 2 aromatic carbocycles. The van der Waals surface area contributed by atoms with Crippen LogP contribution in [0.1, 0.15) is 19.3 Å². The standard InChI is InChI=1S/C20H25NO2Si/c1-24(17-9-4-2-5-10-17,18-11-6-3-7-12-18)20(23)14-16-21-15-8-13-19(21)22/h2-7,9-12,20,23H,8,13-16H2,1H3. The van der Waals surface area contributed by atoms with Crippen molar-refractivity contribution in [1.82, 2.24) is 4.90 Å². The quantitative estimate of drug-likeness (QED) is 0.815. The summed E-state index contributed by atoms with van der Waals surface area (Å²) in [7, 11) is -2.28. The van der Waals surface area contributed by atoms with Crippen LogP contribution in [0, 0.1) is 0 Å². The number of aliphatic hydroxyl groups is 1. The van der Waals surface area contributed by atoms with Crippen LogP contribution < -0.4 is 10.4 Å². The second kappa shape index (κ2) is 7.32. The smallest absolute Gasteiger partial charge is 0.222 e. The van der Waals surface area contributed by atoms with Gasteiger partial charge in [-0.15, -0.1) is 0 Å². The number of aliphatic hydroxyl groups excluding tert-OH is 1. The highest BCUT2D eigenvalue weighted by Crippen LogP contribution is 2.16. The lowest BCUT2D eigenvalue weighted by Crippen LogP contribution is -2.64. The third-order valence-corrected chi connectivity index (χ3v) is 9.94. The second-order valence-electron chi connectivity index (χ2n) is 6.72. The predicted molar refractivity (Wildman–Crippen MR) is 100 cm³/mol. The van der Waals surface area contributed by atoms with Crippen LogP contribution in [0.4, 0.5) is 0 Å². The number of hydrogen-bond donors (Lipinski definition) is 1. The summed E-state index contributed by atoms with van der Waals surface area (Å²) in [6, 6.07) is 20.7. The van der Waals surface area contributed by atoms with E-state index >= 15 is 0 Å². The average Bonchev–Trinajstić information content (AvgIpc) is 3.05. The van der Waals surface area contributed by atoms with E-state index in [0.29, 0.717) is 19.4 Å². The van der Waals surface area contributed by atoms with Crippen molar-refractivity contribution in [2.45, 2.75) is 31.5 Å². The zero-order chi connectivity index (χ0) is 17.0. The average molecular weight is 340 g/mol. The van der Waals surface area contributed by atoms with Gasteiger partial charge in [0.1, 0.15) is 8.07 Å². The summed E-state index contributed by atoms with van der Waals surface area (Å²) in [4.78, 5) is 13.7. The monoisotopic (exact) mass is 339 g/mol. The molecule has 3 nitrogen and oxygen atoms in total. The topological polar surface area (TPSA) is 40.5 Å². The molecule has 1 aliphatic rings. The highest BCUT2D eigenvalue weighted by molar-refractivity contribution is 7.02. The number of carbonyl (C=O) groups excluding carboxylic acids is 1. The van der Waals surface area contributed by atoms with Gasteiger partial charge >= 0.3 is 0 Å². The molecule has 0 spiro atoms. The molecule has 1 unspecified atom stereocenters. The molecule has 0 saturated carbocycles. The molecule has 1 N–H and O–H groups in total. The summed E-state index contributed by atoms with van der Waals surface area (Å²) in [5.74, 6) is 0.227. The van der Waals surface area contributed by atoms with Crippen molar-refractivity contribution in [2.24, 2.45) is 0 Å². The van der Waals surface area contributed by atoms with Crippen molar-refractivity contribution >= 4 is 24.4 Å². The fourth-order valence-corrected chi connectivity index (χ4v) is 7.21. The fraction of sp³-hybridized carbons (Fsp3) is 0.350. The van der Waals surface area contributed by atoms with Crippen molar-refractivity contribution in [2.75, 3.05) is 13.1 Å². The second-order valence-corrected chi connectivity index (χ2v) is 10.9. The first-order chi connectivity index (χ1) is 11.6. The molecule has 3 rings (SSSR count). The van der Waals surface area contributed by atoms with Gasteiger partial charge in [-0.25, -0.2) is 0 Å². The van der Waals surface area contributed by atoms with Crippen LogP contribution in [0.2, 0.25) is 6.55 Å². The minimum absolute atomic E-state index is 0.227. The minimum atomic E-state index is -2.28. The summed E-state index contributed by atoms with van der Waals surface area (Å²) in [6.45, 7) is 3.72. The van der Waals surface area contributed by atoms with E-state index in [1.807, 2.05) is 41.3 Å². The fourth-order valence-electron chi connectivity index (χ4n) is 3.63. The van der Waals surface area contributed by atoms with E-state index < -0.39 is 13.8 Å². The van der Waals surface area contributed by atoms with Crippen LogP contribution in [0.3, 0.4) is 0 Å². The molecule has 1 heterocycles. The van der Waals surface area contributed by atoms with Gasteiger partial charge in [-0.3, -0.25) is 4.79 Å². The van der Waals surface area contributed by atoms with E-state index in [0.717, 1.165) is 13.0 Å². The maximum absolute atomic E-state index is 11.8. The highest BCUT2D eigenvalue weighted by atomic mass is 28.3. The highest BCUT2D eigenvalue weighted by Gasteiger charge is 2.39.